The molecule has 3 N–H and O–H groups in total. The van der Waals surface area contributed by atoms with Crippen LogP contribution in [0.3, 0.4) is 0 Å². The minimum absolute atomic E-state index is 0.000124. The van der Waals surface area contributed by atoms with E-state index in [-0.39, 0.29) is 18.2 Å². The van der Waals surface area contributed by atoms with Gasteiger partial charge in [-0.1, -0.05) is 12.1 Å². The van der Waals surface area contributed by atoms with Crippen molar-refractivity contribution in [2.24, 2.45) is 10.9 Å². The predicted octanol–water partition coefficient (Wildman–Crippen LogP) is 2.61. The van der Waals surface area contributed by atoms with Gasteiger partial charge in [-0.25, -0.2) is 4.79 Å². The van der Waals surface area contributed by atoms with E-state index in [1.165, 1.54) is 0 Å². The minimum atomic E-state index is -0.369. The number of ether oxygens (including phenoxy) is 1. The molecule has 2 fully saturated rings. The highest BCUT2D eigenvalue weighted by molar-refractivity contribution is 5.80. The Balaban J connectivity index is 1.62. The van der Waals surface area contributed by atoms with Gasteiger partial charge in [0.15, 0.2) is 5.96 Å². The third-order valence-electron chi connectivity index (χ3n) is 5.69. The van der Waals surface area contributed by atoms with Gasteiger partial charge in [-0.15, -0.1) is 0 Å². The van der Waals surface area contributed by atoms with E-state index in [1.54, 1.807) is 6.92 Å². The topological polar surface area (TPSA) is 102 Å². The zero-order valence-corrected chi connectivity index (χ0v) is 18.6. The molecule has 0 radical (unpaired) electrons. The van der Waals surface area contributed by atoms with Crippen LogP contribution in [0.2, 0.25) is 0 Å². The first-order valence-corrected chi connectivity index (χ1v) is 11.4. The number of amides is 1. The monoisotopic (exact) mass is 426 g/mol. The largest absolute Gasteiger partial charge is 0.450 e. The fourth-order valence-electron chi connectivity index (χ4n) is 4.00. The average Bonchev–Trinajstić information content (AvgIpc) is 3.62. The zero-order valence-electron chi connectivity index (χ0n) is 18.6. The molecule has 2 unspecified atom stereocenters. The number of para-hydroxylation sites is 1. The van der Waals surface area contributed by atoms with Gasteiger partial charge in [0.2, 0.25) is 0 Å². The number of hydrogen-bond donors (Lipinski definition) is 3. The molecule has 1 amide bonds. The second-order valence-corrected chi connectivity index (χ2v) is 8.09. The van der Waals surface area contributed by atoms with Crippen molar-refractivity contribution in [1.29, 1.82) is 5.26 Å². The fraction of sp³-hybridized carbons (Fsp3) is 0.609. The summed E-state index contributed by atoms with van der Waals surface area (Å²) in [5, 5.41) is 19.3. The summed E-state index contributed by atoms with van der Waals surface area (Å²) in [6.45, 7) is 7.26. The molecule has 31 heavy (non-hydrogen) atoms. The summed E-state index contributed by atoms with van der Waals surface area (Å²) in [5.74, 6) is 1.24. The number of anilines is 1. The van der Waals surface area contributed by atoms with E-state index < -0.39 is 0 Å². The van der Waals surface area contributed by atoms with Crippen molar-refractivity contribution in [2.75, 3.05) is 37.7 Å². The third kappa shape index (κ3) is 6.78. The molecule has 8 nitrogen and oxygen atoms in total. The summed E-state index contributed by atoms with van der Waals surface area (Å²) in [6.07, 6.45) is 3.96. The van der Waals surface area contributed by atoms with Gasteiger partial charge < -0.3 is 25.6 Å². The number of nitrogens with one attached hydrogen (secondary N) is 3. The molecule has 2 aliphatic rings. The van der Waals surface area contributed by atoms with Crippen LogP contribution < -0.4 is 20.9 Å². The van der Waals surface area contributed by atoms with Gasteiger partial charge in [0.05, 0.1) is 30.4 Å². The second-order valence-electron chi connectivity index (χ2n) is 8.09. The van der Waals surface area contributed by atoms with Crippen LogP contribution in [0.1, 0.15) is 45.1 Å². The molecule has 168 valence electrons. The molecule has 1 aliphatic carbocycles. The minimum Gasteiger partial charge on any atom is -0.450 e. The molecule has 3 rings (SSSR count). The smallest absolute Gasteiger partial charge is 0.407 e. The number of guanidine groups is 1. The number of carbonyl (C=O) groups is 1. The molecule has 1 aromatic carbocycles. The lowest BCUT2D eigenvalue weighted by Gasteiger charge is -2.35. The van der Waals surface area contributed by atoms with E-state index in [9.17, 15) is 10.1 Å². The van der Waals surface area contributed by atoms with Crippen molar-refractivity contribution in [1.82, 2.24) is 16.0 Å². The maximum atomic E-state index is 11.9. The summed E-state index contributed by atoms with van der Waals surface area (Å²) in [4.78, 5) is 18.9. The van der Waals surface area contributed by atoms with Crippen molar-refractivity contribution in [2.45, 2.75) is 51.6 Å². The van der Waals surface area contributed by atoms with Crippen LogP contribution in [0.15, 0.2) is 29.3 Å². The number of nitrogens with zero attached hydrogens (tertiary/aromatic N) is 3. The van der Waals surface area contributed by atoms with Crippen molar-refractivity contribution in [3.05, 3.63) is 29.8 Å². The number of aliphatic imine (C=N–C) groups is 1. The molecule has 0 bridgehead atoms. The molecule has 1 saturated heterocycles. The highest BCUT2D eigenvalue weighted by Gasteiger charge is 2.32. The Morgan fingerprint density at radius 3 is 2.84 bits per heavy atom. The van der Waals surface area contributed by atoms with E-state index in [0.29, 0.717) is 24.6 Å². The van der Waals surface area contributed by atoms with E-state index in [4.69, 9.17) is 9.73 Å². The Kier molecular flexibility index (Phi) is 8.39. The molecule has 8 heteroatoms. The molecule has 1 aromatic rings. The normalized spacial score (nSPS) is 19.8. The van der Waals surface area contributed by atoms with Gasteiger partial charge in [0, 0.05) is 25.7 Å². The number of nitriles is 1. The second kappa shape index (κ2) is 11.4. The Labute approximate surface area is 185 Å². The Bertz CT molecular complexity index is 802. The van der Waals surface area contributed by atoms with E-state index in [2.05, 4.69) is 26.9 Å². The first-order valence-electron chi connectivity index (χ1n) is 11.4. The number of benzene rings is 1. The van der Waals surface area contributed by atoms with Gasteiger partial charge in [0.25, 0.3) is 0 Å². The number of hydrogen-bond acceptors (Lipinski definition) is 5. The lowest BCUT2D eigenvalue weighted by molar-refractivity contribution is 0.147. The van der Waals surface area contributed by atoms with Gasteiger partial charge in [-0.3, -0.25) is 4.99 Å². The Hall–Kier alpha value is -2.95. The van der Waals surface area contributed by atoms with Crippen LogP contribution in [0.5, 0.6) is 0 Å². The summed E-state index contributed by atoms with van der Waals surface area (Å²) in [5.41, 5.74) is 1.70. The quantitative estimate of drug-likeness (QED) is 0.436. The zero-order chi connectivity index (χ0) is 22.1. The summed E-state index contributed by atoms with van der Waals surface area (Å²) in [7, 11) is 0. The van der Waals surface area contributed by atoms with Crippen molar-refractivity contribution >= 4 is 17.7 Å². The van der Waals surface area contributed by atoms with Gasteiger partial charge in [-0.05, 0) is 57.6 Å². The average molecular weight is 427 g/mol. The van der Waals surface area contributed by atoms with Crippen molar-refractivity contribution in [3.63, 3.8) is 0 Å². The first-order chi connectivity index (χ1) is 15.1. The highest BCUT2D eigenvalue weighted by Crippen LogP contribution is 2.32. The molecule has 1 aliphatic heterocycles. The van der Waals surface area contributed by atoms with Crippen LogP contribution >= 0.6 is 0 Å². The summed E-state index contributed by atoms with van der Waals surface area (Å²) < 4.78 is 5.04. The standard InChI is InChI=1S/C23H34N6O2/c1-3-25-22(26-15-20(17-11-12-17)28-23(30)31-4-2)27-19-9-7-13-29(16-19)21-10-6-5-8-18(21)14-24/h5-6,8,10,17,19-20H,3-4,7,9,11-13,15-16H2,1-2H3,(H,28,30)(H2,25,26,27). The number of carbonyl (C=O) groups excluding carboxylic acids is 1. The number of alkyl carbamates (subject to hydrolysis) is 1. The third-order valence-corrected chi connectivity index (χ3v) is 5.69. The SMILES string of the molecule is CCNC(=NCC(NC(=O)OCC)C1CC1)NC1CCCN(c2ccccc2C#N)C1. The van der Waals surface area contributed by atoms with Crippen LogP contribution in [0.25, 0.3) is 0 Å². The van der Waals surface area contributed by atoms with Crippen LogP contribution in [-0.4, -0.2) is 56.9 Å². The lowest BCUT2D eigenvalue weighted by atomic mass is 10.0. The Morgan fingerprint density at radius 1 is 1.32 bits per heavy atom. The Morgan fingerprint density at radius 2 is 2.13 bits per heavy atom. The predicted molar refractivity (Wildman–Crippen MR) is 122 cm³/mol. The molecule has 1 heterocycles. The van der Waals surface area contributed by atoms with Crippen LogP contribution in [-0.2, 0) is 4.74 Å². The summed E-state index contributed by atoms with van der Waals surface area (Å²) in [6, 6.07) is 10.3. The first kappa shape index (κ1) is 22.7. The van der Waals surface area contributed by atoms with Gasteiger partial charge in [0.1, 0.15) is 6.07 Å². The lowest BCUT2D eigenvalue weighted by Crippen LogP contribution is -2.51. The van der Waals surface area contributed by atoms with E-state index in [1.807, 2.05) is 31.2 Å². The molecule has 0 aromatic heterocycles. The van der Waals surface area contributed by atoms with Crippen LogP contribution in [0, 0.1) is 17.2 Å². The van der Waals surface area contributed by atoms with Crippen molar-refractivity contribution in [3.8, 4) is 6.07 Å². The molecular formula is C23H34N6O2. The van der Waals surface area contributed by atoms with Gasteiger partial charge >= 0.3 is 6.09 Å². The molecule has 0 spiro atoms. The highest BCUT2D eigenvalue weighted by atomic mass is 16.5. The number of rotatable bonds is 8. The van der Waals surface area contributed by atoms with E-state index in [0.717, 1.165) is 57.0 Å². The number of piperidine rings is 1. The van der Waals surface area contributed by atoms with Crippen molar-refractivity contribution < 1.29 is 9.53 Å². The van der Waals surface area contributed by atoms with Gasteiger partial charge in [-0.2, -0.15) is 5.26 Å². The maximum Gasteiger partial charge on any atom is 0.407 e. The molecule has 2 atom stereocenters. The van der Waals surface area contributed by atoms with E-state index >= 15 is 0 Å². The molecular weight excluding hydrogens is 392 g/mol. The molecule has 1 saturated carbocycles. The maximum absolute atomic E-state index is 11.9. The fourth-order valence-corrected chi connectivity index (χ4v) is 4.00. The van der Waals surface area contributed by atoms with Crippen LogP contribution in [0.4, 0.5) is 10.5 Å². The summed E-state index contributed by atoms with van der Waals surface area (Å²) >= 11 is 0.